The zero-order valence-electron chi connectivity index (χ0n) is 15.4. The van der Waals surface area contributed by atoms with E-state index in [1.807, 2.05) is 18.2 Å². The van der Waals surface area contributed by atoms with Crippen molar-refractivity contribution in [1.29, 1.82) is 0 Å². The first-order valence-corrected chi connectivity index (χ1v) is 9.78. The second-order valence-electron chi connectivity index (χ2n) is 5.73. The van der Waals surface area contributed by atoms with Gasteiger partial charge in [0, 0.05) is 44.4 Å². The number of sulfonamides is 1. The van der Waals surface area contributed by atoms with Crippen molar-refractivity contribution in [3.8, 4) is 11.5 Å². The third kappa shape index (κ3) is 7.41. The number of ether oxygens (including phenoxy) is 2. The summed E-state index contributed by atoms with van der Waals surface area (Å²) in [6.07, 6.45) is 1.26. The van der Waals surface area contributed by atoms with Crippen LogP contribution in [0.5, 0.6) is 11.5 Å². The Morgan fingerprint density at radius 1 is 1.04 bits per heavy atom. The molecule has 0 amide bonds. The number of carbonyl (C=O) groups is 2. The van der Waals surface area contributed by atoms with Crippen LogP contribution in [0, 0.1) is 0 Å². The van der Waals surface area contributed by atoms with Crippen LogP contribution in [0.1, 0.15) is 5.56 Å². The lowest BCUT2D eigenvalue weighted by Crippen LogP contribution is -2.47. The van der Waals surface area contributed by atoms with Crippen LogP contribution in [0.3, 0.4) is 0 Å². The van der Waals surface area contributed by atoms with Crippen LogP contribution in [0.25, 0.3) is 0 Å². The molecule has 10 nitrogen and oxygen atoms in total. The second-order valence-corrected chi connectivity index (χ2v) is 7.71. The molecule has 1 aliphatic rings. The summed E-state index contributed by atoms with van der Waals surface area (Å²) >= 11 is 0. The maximum absolute atomic E-state index is 11.5. The van der Waals surface area contributed by atoms with Gasteiger partial charge in [-0.3, -0.25) is 4.90 Å². The molecule has 0 aromatic heterocycles. The lowest BCUT2D eigenvalue weighted by atomic mass is 10.1. The molecule has 0 atom stereocenters. The molecular formula is C16H24N2O8S. The van der Waals surface area contributed by atoms with Gasteiger partial charge in [0.05, 0.1) is 20.5 Å². The fraction of sp³-hybridized carbons (Fsp3) is 0.500. The van der Waals surface area contributed by atoms with E-state index in [1.165, 1.54) is 10.6 Å². The number of carboxylic acid groups (broad SMARTS) is 2. The van der Waals surface area contributed by atoms with E-state index in [1.54, 1.807) is 14.2 Å². The van der Waals surface area contributed by atoms with Gasteiger partial charge in [-0.2, -0.15) is 4.31 Å². The highest BCUT2D eigenvalue weighted by molar-refractivity contribution is 7.88. The Bertz CT molecular complexity index is 746. The zero-order chi connectivity index (χ0) is 20.6. The molecule has 0 unspecified atom stereocenters. The summed E-state index contributed by atoms with van der Waals surface area (Å²) in [6, 6.07) is 5.76. The predicted molar refractivity (Wildman–Crippen MR) is 96.5 cm³/mol. The van der Waals surface area contributed by atoms with E-state index in [0.29, 0.717) is 13.1 Å². The van der Waals surface area contributed by atoms with Gasteiger partial charge in [0.1, 0.15) is 11.5 Å². The summed E-state index contributed by atoms with van der Waals surface area (Å²) in [5, 5.41) is 14.8. The molecule has 1 aliphatic heterocycles. The lowest BCUT2D eigenvalue weighted by Gasteiger charge is -2.33. The Morgan fingerprint density at radius 2 is 1.59 bits per heavy atom. The van der Waals surface area contributed by atoms with E-state index in [2.05, 4.69) is 4.90 Å². The average Bonchev–Trinajstić information content (AvgIpc) is 2.62. The van der Waals surface area contributed by atoms with Gasteiger partial charge in [0.15, 0.2) is 0 Å². The van der Waals surface area contributed by atoms with Gasteiger partial charge in [-0.15, -0.1) is 0 Å². The van der Waals surface area contributed by atoms with Crippen LogP contribution in [-0.2, 0) is 26.2 Å². The Kier molecular flexibility index (Phi) is 8.47. The van der Waals surface area contributed by atoms with Gasteiger partial charge in [-0.05, 0) is 6.07 Å². The third-order valence-electron chi connectivity index (χ3n) is 3.87. The highest BCUT2D eigenvalue weighted by Gasteiger charge is 2.23. The first-order chi connectivity index (χ1) is 12.6. The molecule has 0 bridgehead atoms. The molecule has 0 spiro atoms. The summed E-state index contributed by atoms with van der Waals surface area (Å²) in [7, 11) is 0.184. The first-order valence-electron chi connectivity index (χ1n) is 7.93. The Balaban J connectivity index is 0.000000527. The Labute approximate surface area is 157 Å². The van der Waals surface area contributed by atoms with Crippen molar-refractivity contribution in [2.75, 3.05) is 46.7 Å². The minimum Gasteiger partial charge on any atom is -0.497 e. The number of carboxylic acids is 2. The number of hydrogen-bond acceptors (Lipinski definition) is 7. The summed E-state index contributed by atoms with van der Waals surface area (Å²) < 4.78 is 35.1. The second kappa shape index (κ2) is 10.1. The SMILES string of the molecule is COc1ccc(CN2CCN(S(C)(=O)=O)CC2)c(OC)c1.O=C(O)C(=O)O. The van der Waals surface area contributed by atoms with Crippen molar-refractivity contribution < 1.29 is 37.7 Å². The normalized spacial score (nSPS) is 15.4. The van der Waals surface area contributed by atoms with Crippen molar-refractivity contribution >= 4 is 22.0 Å². The Morgan fingerprint density at radius 3 is 2.00 bits per heavy atom. The van der Waals surface area contributed by atoms with Crippen LogP contribution < -0.4 is 9.47 Å². The average molecular weight is 404 g/mol. The fourth-order valence-electron chi connectivity index (χ4n) is 2.44. The van der Waals surface area contributed by atoms with E-state index in [9.17, 15) is 8.42 Å². The summed E-state index contributed by atoms with van der Waals surface area (Å²) in [5.74, 6) is -2.10. The van der Waals surface area contributed by atoms with Crippen molar-refractivity contribution in [3.63, 3.8) is 0 Å². The molecule has 0 saturated carbocycles. The van der Waals surface area contributed by atoms with Crippen molar-refractivity contribution in [1.82, 2.24) is 9.21 Å². The van der Waals surface area contributed by atoms with Gasteiger partial charge in [-0.1, -0.05) is 6.07 Å². The number of hydrogen-bond donors (Lipinski definition) is 2. The molecule has 1 aromatic carbocycles. The van der Waals surface area contributed by atoms with E-state index < -0.39 is 22.0 Å². The third-order valence-corrected chi connectivity index (χ3v) is 5.17. The number of benzene rings is 1. The van der Waals surface area contributed by atoms with Crippen LogP contribution in [0.15, 0.2) is 18.2 Å². The number of methoxy groups -OCH3 is 2. The van der Waals surface area contributed by atoms with Gasteiger partial charge in [0.2, 0.25) is 10.0 Å². The predicted octanol–water partition coefficient (Wildman–Crippen LogP) is -0.0634. The zero-order valence-corrected chi connectivity index (χ0v) is 16.2. The summed E-state index contributed by atoms with van der Waals surface area (Å²) in [4.78, 5) is 20.4. The number of aliphatic carboxylic acids is 2. The van der Waals surface area contributed by atoms with Gasteiger partial charge < -0.3 is 19.7 Å². The quantitative estimate of drug-likeness (QED) is 0.647. The molecular weight excluding hydrogens is 380 g/mol. The van der Waals surface area contributed by atoms with Crippen molar-refractivity contribution in [2.45, 2.75) is 6.54 Å². The fourth-order valence-corrected chi connectivity index (χ4v) is 3.27. The minimum absolute atomic E-state index is 0.539. The molecule has 2 rings (SSSR count). The number of piperazine rings is 1. The highest BCUT2D eigenvalue weighted by atomic mass is 32.2. The molecule has 1 heterocycles. The van der Waals surface area contributed by atoms with E-state index in [0.717, 1.165) is 36.7 Å². The molecule has 1 fully saturated rings. The monoisotopic (exact) mass is 404 g/mol. The molecule has 0 aliphatic carbocycles. The van der Waals surface area contributed by atoms with Crippen LogP contribution >= 0.6 is 0 Å². The lowest BCUT2D eigenvalue weighted by molar-refractivity contribution is -0.159. The topological polar surface area (TPSA) is 134 Å². The Hall–Kier alpha value is -2.37. The number of rotatable bonds is 5. The molecule has 1 aromatic rings. The minimum atomic E-state index is -3.08. The van der Waals surface area contributed by atoms with Gasteiger partial charge >= 0.3 is 11.9 Å². The van der Waals surface area contributed by atoms with E-state index in [4.69, 9.17) is 29.3 Å². The molecule has 2 N–H and O–H groups in total. The van der Waals surface area contributed by atoms with E-state index in [-0.39, 0.29) is 0 Å². The maximum atomic E-state index is 11.5. The molecule has 27 heavy (non-hydrogen) atoms. The smallest absolute Gasteiger partial charge is 0.414 e. The van der Waals surface area contributed by atoms with E-state index >= 15 is 0 Å². The maximum Gasteiger partial charge on any atom is 0.414 e. The van der Waals surface area contributed by atoms with Crippen LogP contribution in [-0.4, -0.2) is 86.4 Å². The number of nitrogens with zero attached hydrogens (tertiary/aromatic N) is 2. The summed E-state index contributed by atoms with van der Waals surface area (Å²) in [6.45, 7) is 3.27. The van der Waals surface area contributed by atoms with Crippen LogP contribution in [0.2, 0.25) is 0 Å². The van der Waals surface area contributed by atoms with Crippen molar-refractivity contribution in [3.05, 3.63) is 23.8 Å². The van der Waals surface area contributed by atoms with Gasteiger partial charge in [-0.25, -0.2) is 18.0 Å². The summed E-state index contributed by atoms with van der Waals surface area (Å²) in [5.41, 5.74) is 1.08. The van der Waals surface area contributed by atoms with Crippen molar-refractivity contribution in [2.24, 2.45) is 0 Å². The molecule has 0 radical (unpaired) electrons. The molecule has 11 heteroatoms. The largest absolute Gasteiger partial charge is 0.497 e. The molecule has 152 valence electrons. The van der Waals surface area contributed by atoms with Gasteiger partial charge in [0.25, 0.3) is 0 Å². The first kappa shape index (κ1) is 22.7. The highest BCUT2D eigenvalue weighted by Crippen LogP contribution is 2.26. The molecule has 1 saturated heterocycles. The van der Waals surface area contributed by atoms with Crippen LogP contribution in [0.4, 0.5) is 0 Å². The standard InChI is InChI=1S/C14H22N2O4S.C2H2O4/c1-19-13-5-4-12(14(10-13)20-2)11-15-6-8-16(9-7-15)21(3,17)18;3-1(4)2(5)6/h4-5,10H,6-9,11H2,1-3H3;(H,3,4)(H,5,6).